The van der Waals surface area contributed by atoms with Gasteiger partial charge < -0.3 is 0 Å². The van der Waals surface area contributed by atoms with Crippen molar-refractivity contribution >= 4 is 41.9 Å². The molecule has 0 aromatic rings. The number of rotatable bonds is 0. The first-order chi connectivity index (χ1) is 2.91. The SMILES string of the molecule is [Ge]=[CH]C#C[CH]=[Ge]. The average Bonchev–Trinajstić information content (AvgIpc) is 1.61. The third kappa shape index (κ3) is 4.39. The fourth-order valence-electron chi connectivity index (χ4n) is 0.0833. The fraction of sp³-hybridized carbons (Fsp3) is 0. The summed E-state index contributed by atoms with van der Waals surface area (Å²) in [7, 11) is 0. The monoisotopic (exact) mass is 198 g/mol. The van der Waals surface area contributed by atoms with Crippen molar-refractivity contribution in [2.75, 3.05) is 0 Å². The summed E-state index contributed by atoms with van der Waals surface area (Å²) in [5, 5.41) is 0. The minimum atomic E-state index is 1.82. The molecular weight excluding hydrogens is 193 g/mol. The topological polar surface area (TPSA) is 0 Å². The Morgan fingerprint density at radius 2 is 1.33 bits per heavy atom. The first-order valence-electron chi connectivity index (χ1n) is 1.40. The molecule has 0 heterocycles. The molecule has 6 heavy (non-hydrogen) atoms. The summed E-state index contributed by atoms with van der Waals surface area (Å²) < 4.78 is 0. The second-order valence-corrected chi connectivity index (χ2v) is 1.79. The van der Waals surface area contributed by atoms with Crippen LogP contribution >= 0.6 is 0 Å². The van der Waals surface area contributed by atoms with Gasteiger partial charge in [-0.15, -0.1) is 0 Å². The molecule has 0 aromatic heterocycles. The van der Waals surface area contributed by atoms with Gasteiger partial charge in [0.05, 0.1) is 0 Å². The molecule has 0 spiro atoms. The number of hydrogen-bond acceptors (Lipinski definition) is 0. The summed E-state index contributed by atoms with van der Waals surface area (Å²) in [5.74, 6) is 5.53. The Labute approximate surface area is 53.8 Å². The second-order valence-electron chi connectivity index (χ2n) is 0.577. The van der Waals surface area contributed by atoms with E-state index in [1.165, 1.54) is 0 Å². The summed E-state index contributed by atoms with van der Waals surface area (Å²) in [6, 6.07) is 0. The van der Waals surface area contributed by atoms with Crippen LogP contribution in [0.5, 0.6) is 0 Å². The minimum absolute atomic E-state index is 1.82. The van der Waals surface area contributed by atoms with Crippen LogP contribution in [0.2, 0.25) is 0 Å². The van der Waals surface area contributed by atoms with Gasteiger partial charge in [-0.1, -0.05) is 0 Å². The molecule has 0 aliphatic heterocycles. The molecule has 0 amide bonds. The zero-order chi connectivity index (χ0) is 4.83. The normalized spacial score (nSPS) is 4.67. The van der Waals surface area contributed by atoms with Gasteiger partial charge >= 0.3 is 53.7 Å². The molecule has 0 unspecified atom stereocenters. The van der Waals surface area contributed by atoms with Crippen molar-refractivity contribution in [3.05, 3.63) is 0 Å². The van der Waals surface area contributed by atoms with Gasteiger partial charge in [-0.2, -0.15) is 0 Å². The zero-order valence-corrected chi connectivity index (χ0v) is 7.35. The van der Waals surface area contributed by atoms with E-state index in [-0.39, 0.29) is 0 Å². The van der Waals surface area contributed by atoms with Crippen LogP contribution in [-0.4, -0.2) is 41.9 Å². The zero-order valence-electron chi connectivity index (χ0n) is 3.15. The molecule has 0 bridgehead atoms. The molecule has 2 heteroatoms. The second kappa shape index (κ2) is 5.39. The molecule has 0 fully saturated rings. The molecule has 0 rings (SSSR count). The van der Waals surface area contributed by atoms with Crippen LogP contribution in [0.1, 0.15) is 0 Å². The van der Waals surface area contributed by atoms with E-state index in [0.717, 1.165) is 0 Å². The maximum absolute atomic E-state index is 2.77. The van der Waals surface area contributed by atoms with E-state index in [1.54, 1.807) is 0 Å². The van der Waals surface area contributed by atoms with Gasteiger partial charge in [-0.3, -0.25) is 0 Å². The van der Waals surface area contributed by atoms with Crippen LogP contribution in [0.4, 0.5) is 0 Å². The Hall–Kier alpha value is 0.386. The van der Waals surface area contributed by atoms with Crippen molar-refractivity contribution in [3.8, 4) is 11.8 Å². The fourth-order valence-corrected chi connectivity index (χ4v) is 0.433. The predicted octanol–water partition coefficient (Wildman–Crippen LogP) is -1.07. The van der Waals surface area contributed by atoms with Crippen LogP contribution in [0.3, 0.4) is 0 Å². The third-order valence-electron chi connectivity index (χ3n) is 0.228. The average molecular weight is 195 g/mol. The summed E-state index contributed by atoms with van der Waals surface area (Å²) in [5.41, 5.74) is 0. The van der Waals surface area contributed by atoms with Gasteiger partial charge in [-0.05, 0) is 0 Å². The van der Waals surface area contributed by atoms with Crippen molar-refractivity contribution in [1.29, 1.82) is 0 Å². The first kappa shape index (κ1) is 6.39. The van der Waals surface area contributed by atoms with Gasteiger partial charge in [0, 0.05) is 0 Å². The molecule has 0 atom stereocenters. The Morgan fingerprint density at radius 1 is 1.00 bits per heavy atom. The first-order valence-corrected chi connectivity index (χ1v) is 3.83. The molecule has 0 nitrogen and oxygen atoms in total. The molecule has 0 aliphatic rings. The quantitative estimate of drug-likeness (QED) is 0.341. The van der Waals surface area contributed by atoms with Crippen molar-refractivity contribution in [2.45, 2.75) is 0 Å². The Kier molecular flexibility index (Phi) is 5.73. The van der Waals surface area contributed by atoms with Crippen molar-refractivity contribution in [3.63, 3.8) is 0 Å². The van der Waals surface area contributed by atoms with E-state index in [0.29, 0.717) is 0 Å². The Bertz CT molecular complexity index is 92.5. The summed E-state index contributed by atoms with van der Waals surface area (Å²) >= 11 is 3.83. The van der Waals surface area contributed by atoms with Gasteiger partial charge in [-0.25, -0.2) is 0 Å². The molecule has 0 saturated heterocycles. The third-order valence-corrected chi connectivity index (χ3v) is 0.833. The van der Waals surface area contributed by atoms with Gasteiger partial charge in [0.15, 0.2) is 0 Å². The van der Waals surface area contributed by atoms with E-state index in [9.17, 15) is 0 Å². The van der Waals surface area contributed by atoms with Crippen LogP contribution in [0, 0.1) is 11.8 Å². The molecule has 0 saturated carbocycles. The van der Waals surface area contributed by atoms with E-state index < -0.39 is 0 Å². The van der Waals surface area contributed by atoms with Gasteiger partial charge in [0.1, 0.15) is 0 Å². The van der Waals surface area contributed by atoms with Gasteiger partial charge in [0.2, 0.25) is 0 Å². The van der Waals surface area contributed by atoms with E-state index >= 15 is 0 Å². The van der Waals surface area contributed by atoms with Crippen LogP contribution < -0.4 is 0 Å². The molecule has 0 aliphatic carbocycles. The molecule has 0 N–H and O–H groups in total. The Morgan fingerprint density at radius 3 is 1.50 bits per heavy atom. The van der Waals surface area contributed by atoms with E-state index in [1.807, 2.05) is 41.9 Å². The van der Waals surface area contributed by atoms with Crippen molar-refractivity contribution in [1.82, 2.24) is 0 Å². The summed E-state index contributed by atoms with van der Waals surface area (Å²) in [4.78, 5) is 3.64. The predicted molar refractivity (Wildman–Crippen MR) is 31.4 cm³/mol. The van der Waals surface area contributed by atoms with Crippen LogP contribution in [0.25, 0.3) is 0 Å². The maximum atomic E-state index is 2.77. The number of hydrogen-bond donors (Lipinski definition) is 0. The molecule has 26 valence electrons. The Balaban J connectivity index is 3.39. The molecular formula is C4H2Ge2. The van der Waals surface area contributed by atoms with Crippen LogP contribution in [0.15, 0.2) is 0 Å². The molecule has 4 radical (unpaired) electrons. The van der Waals surface area contributed by atoms with E-state index in [4.69, 9.17) is 0 Å². The van der Waals surface area contributed by atoms with Crippen molar-refractivity contribution in [2.24, 2.45) is 0 Å². The van der Waals surface area contributed by atoms with E-state index in [2.05, 4.69) is 11.8 Å². The standard InChI is InChI=1S/C4H2Ge2/c5-3-1-2-4-6/h3-4H. The van der Waals surface area contributed by atoms with Crippen LogP contribution in [-0.2, 0) is 0 Å². The van der Waals surface area contributed by atoms with Crippen molar-refractivity contribution < 1.29 is 0 Å². The summed E-state index contributed by atoms with van der Waals surface area (Å²) in [6.45, 7) is 0. The van der Waals surface area contributed by atoms with Gasteiger partial charge in [0.25, 0.3) is 0 Å². The molecule has 0 aromatic carbocycles. The summed E-state index contributed by atoms with van der Waals surface area (Å²) in [6.07, 6.45) is 0.